The van der Waals surface area contributed by atoms with Crippen molar-refractivity contribution in [2.45, 2.75) is 24.9 Å². The Kier molecular flexibility index (Phi) is 5.73. The van der Waals surface area contributed by atoms with Gasteiger partial charge in [0.15, 0.2) is 0 Å². The van der Waals surface area contributed by atoms with E-state index in [1.807, 2.05) is 42.5 Å². The lowest BCUT2D eigenvalue weighted by Crippen LogP contribution is -2.48. The van der Waals surface area contributed by atoms with Gasteiger partial charge < -0.3 is 14.5 Å². The van der Waals surface area contributed by atoms with E-state index in [1.54, 1.807) is 11.2 Å². The van der Waals surface area contributed by atoms with Crippen LogP contribution in [0.4, 0.5) is 5.69 Å². The second-order valence-corrected chi connectivity index (χ2v) is 7.08. The van der Waals surface area contributed by atoms with Crippen molar-refractivity contribution in [3.8, 4) is 0 Å². The SMILES string of the molecule is O=C(NCC(c1ccco1)N1CCOCC1)C1CCC(=O)N1c1ccccc1. The molecule has 28 heavy (non-hydrogen) atoms. The first-order chi connectivity index (χ1) is 13.7. The number of hydrogen-bond donors (Lipinski definition) is 1. The number of carbonyl (C=O) groups is 2. The summed E-state index contributed by atoms with van der Waals surface area (Å²) in [5.41, 5.74) is 0.765. The van der Waals surface area contributed by atoms with Gasteiger partial charge in [0, 0.05) is 31.7 Å². The van der Waals surface area contributed by atoms with Crippen molar-refractivity contribution in [2.24, 2.45) is 0 Å². The molecular formula is C21H25N3O4. The Morgan fingerprint density at radius 1 is 1.14 bits per heavy atom. The number of para-hydroxylation sites is 1. The summed E-state index contributed by atoms with van der Waals surface area (Å²) < 4.78 is 11.1. The smallest absolute Gasteiger partial charge is 0.243 e. The van der Waals surface area contributed by atoms with Gasteiger partial charge >= 0.3 is 0 Å². The molecule has 1 aromatic heterocycles. The number of furan rings is 1. The second-order valence-electron chi connectivity index (χ2n) is 7.08. The third kappa shape index (κ3) is 3.95. The number of amides is 2. The summed E-state index contributed by atoms with van der Waals surface area (Å²) >= 11 is 0. The molecule has 2 aliphatic heterocycles. The molecule has 7 heteroatoms. The number of rotatable bonds is 6. The summed E-state index contributed by atoms with van der Waals surface area (Å²) in [4.78, 5) is 29.2. The van der Waals surface area contributed by atoms with Crippen LogP contribution in [0, 0.1) is 0 Å². The number of carbonyl (C=O) groups excluding carboxylic acids is 2. The predicted molar refractivity (Wildman–Crippen MR) is 104 cm³/mol. The van der Waals surface area contributed by atoms with Gasteiger partial charge in [0.25, 0.3) is 0 Å². The van der Waals surface area contributed by atoms with Crippen LogP contribution >= 0.6 is 0 Å². The molecule has 1 aromatic carbocycles. The van der Waals surface area contributed by atoms with E-state index in [1.165, 1.54) is 0 Å². The van der Waals surface area contributed by atoms with Crippen LogP contribution < -0.4 is 10.2 Å². The van der Waals surface area contributed by atoms with Crippen LogP contribution in [0.1, 0.15) is 24.6 Å². The minimum atomic E-state index is -0.475. The summed E-state index contributed by atoms with van der Waals surface area (Å²) in [5, 5.41) is 3.06. The third-order valence-electron chi connectivity index (χ3n) is 5.38. The monoisotopic (exact) mass is 383 g/mol. The van der Waals surface area contributed by atoms with Gasteiger partial charge in [-0.15, -0.1) is 0 Å². The lowest BCUT2D eigenvalue weighted by Gasteiger charge is -2.34. The highest BCUT2D eigenvalue weighted by Crippen LogP contribution is 2.27. The van der Waals surface area contributed by atoms with Crippen molar-refractivity contribution in [1.29, 1.82) is 0 Å². The van der Waals surface area contributed by atoms with Crippen LogP contribution in [-0.4, -0.2) is 55.6 Å². The molecule has 7 nitrogen and oxygen atoms in total. The molecule has 2 fully saturated rings. The lowest BCUT2D eigenvalue weighted by atomic mass is 10.1. The topological polar surface area (TPSA) is 75.0 Å². The molecule has 0 bridgehead atoms. The summed E-state index contributed by atoms with van der Waals surface area (Å²) in [5.74, 6) is 0.686. The van der Waals surface area contributed by atoms with Crippen LogP contribution in [0.3, 0.4) is 0 Å². The van der Waals surface area contributed by atoms with Gasteiger partial charge in [0.1, 0.15) is 11.8 Å². The van der Waals surface area contributed by atoms with Crippen LogP contribution in [0.15, 0.2) is 53.1 Å². The van der Waals surface area contributed by atoms with Gasteiger partial charge in [-0.3, -0.25) is 19.4 Å². The second kappa shape index (κ2) is 8.58. The molecule has 2 aliphatic rings. The highest BCUT2D eigenvalue weighted by Gasteiger charge is 2.37. The average molecular weight is 383 g/mol. The molecule has 2 saturated heterocycles. The summed E-state index contributed by atoms with van der Waals surface area (Å²) in [6.07, 6.45) is 2.57. The van der Waals surface area contributed by atoms with E-state index in [2.05, 4.69) is 10.2 Å². The Morgan fingerprint density at radius 2 is 1.93 bits per heavy atom. The average Bonchev–Trinajstić information content (AvgIpc) is 3.39. The van der Waals surface area contributed by atoms with Crippen molar-refractivity contribution in [2.75, 3.05) is 37.7 Å². The van der Waals surface area contributed by atoms with Crippen LogP contribution in [-0.2, 0) is 14.3 Å². The highest BCUT2D eigenvalue weighted by molar-refractivity contribution is 6.03. The molecule has 2 aromatic rings. The van der Waals surface area contributed by atoms with Crippen molar-refractivity contribution in [3.63, 3.8) is 0 Å². The number of nitrogens with one attached hydrogen (secondary N) is 1. The van der Waals surface area contributed by atoms with E-state index >= 15 is 0 Å². The fourth-order valence-corrected chi connectivity index (χ4v) is 3.94. The summed E-state index contributed by atoms with van der Waals surface area (Å²) in [7, 11) is 0. The van der Waals surface area contributed by atoms with Gasteiger partial charge in [-0.05, 0) is 30.7 Å². The number of anilines is 1. The number of nitrogens with zero attached hydrogens (tertiary/aromatic N) is 2. The zero-order valence-electron chi connectivity index (χ0n) is 15.8. The van der Waals surface area contributed by atoms with Gasteiger partial charge in [0.2, 0.25) is 11.8 Å². The van der Waals surface area contributed by atoms with E-state index in [0.717, 1.165) is 24.5 Å². The molecular weight excluding hydrogens is 358 g/mol. The first-order valence-electron chi connectivity index (χ1n) is 9.74. The van der Waals surface area contributed by atoms with Crippen LogP contribution in [0.2, 0.25) is 0 Å². The fourth-order valence-electron chi connectivity index (χ4n) is 3.94. The molecule has 2 amide bonds. The number of hydrogen-bond acceptors (Lipinski definition) is 5. The maximum Gasteiger partial charge on any atom is 0.243 e. The van der Waals surface area contributed by atoms with E-state index in [-0.39, 0.29) is 17.9 Å². The quantitative estimate of drug-likeness (QED) is 0.825. The maximum atomic E-state index is 13.0. The number of benzene rings is 1. The zero-order chi connectivity index (χ0) is 19.3. The van der Waals surface area contributed by atoms with Crippen molar-refractivity contribution < 1.29 is 18.7 Å². The molecule has 2 unspecified atom stereocenters. The summed E-state index contributed by atoms with van der Waals surface area (Å²) in [6.45, 7) is 3.35. The maximum absolute atomic E-state index is 13.0. The zero-order valence-corrected chi connectivity index (χ0v) is 15.8. The Morgan fingerprint density at radius 3 is 2.64 bits per heavy atom. The molecule has 3 heterocycles. The first kappa shape index (κ1) is 18.7. The van der Waals surface area contributed by atoms with E-state index in [4.69, 9.17) is 9.15 Å². The molecule has 2 atom stereocenters. The Balaban J connectivity index is 1.45. The van der Waals surface area contributed by atoms with Crippen molar-refractivity contribution in [1.82, 2.24) is 10.2 Å². The van der Waals surface area contributed by atoms with Crippen molar-refractivity contribution >= 4 is 17.5 Å². The highest BCUT2D eigenvalue weighted by atomic mass is 16.5. The first-order valence-corrected chi connectivity index (χ1v) is 9.74. The molecule has 0 aliphatic carbocycles. The Hall–Kier alpha value is -2.64. The van der Waals surface area contributed by atoms with E-state index in [0.29, 0.717) is 32.6 Å². The fraction of sp³-hybridized carbons (Fsp3) is 0.429. The minimum Gasteiger partial charge on any atom is -0.468 e. The molecule has 1 N–H and O–H groups in total. The standard InChI is InChI=1S/C21H25N3O4/c25-20-9-8-17(24(20)16-5-2-1-3-6-16)21(26)22-15-18(19-7-4-12-28-19)23-10-13-27-14-11-23/h1-7,12,17-18H,8-11,13-15H2,(H,22,26). The lowest BCUT2D eigenvalue weighted by molar-refractivity contribution is -0.124. The summed E-state index contributed by atoms with van der Waals surface area (Å²) in [6, 6.07) is 12.6. The van der Waals surface area contributed by atoms with Crippen LogP contribution in [0.5, 0.6) is 0 Å². The number of morpholine rings is 1. The van der Waals surface area contributed by atoms with Gasteiger partial charge in [-0.25, -0.2) is 0 Å². The predicted octanol–water partition coefficient (Wildman–Crippen LogP) is 1.96. The normalized spacial score (nSPS) is 21.6. The molecule has 4 rings (SSSR count). The number of ether oxygens (including phenoxy) is 1. The Bertz CT molecular complexity index is 787. The van der Waals surface area contributed by atoms with E-state index < -0.39 is 6.04 Å². The molecule has 0 spiro atoms. The molecule has 148 valence electrons. The molecule has 0 saturated carbocycles. The minimum absolute atomic E-state index is 0.0119. The Labute approximate surface area is 164 Å². The van der Waals surface area contributed by atoms with Gasteiger partial charge in [0.05, 0.1) is 25.5 Å². The van der Waals surface area contributed by atoms with Crippen LogP contribution in [0.25, 0.3) is 0 Å². The molecule has 0 radical (unpaired) electrons. The van der Waals surface area contributed by atoms with E-state index in [9.17, 15) is 9.59 Å². The van der Waals surface area contributed by atoms with Gasteiger partial charge in [-0.1, -0.05) is 18.2 Å². The third-order valence-corrected chi connectivity index (χ3v) is 5.38. The largest absolute Gasteiger partial charge is 0.468 e. The van der Waals surface area contributed by atoms with Crippen molar-refractivity contribution in [3.05, 3.63) is 54.5 Å². The van der Waals surface area contributed by atoms with Gasteiger partial charge in [-0.2, -0.15) is 0 Å².